The first-order chi connectivity index (χ1) is 11.7. The summed E-state index contributed by atoms with van der Waals surface area (Å²) < 4.78 is 6.25. The van der Waals surface area contributed by atoms with Gasteiger partial charge in [-0.3, -0.25) is 4.98 Å². The Kier molecular flexibility index (Phi) is 4.20. The second-order valence-corrected chi connectivity index (χ2v) is 7.71. The maximum atomic E-state index is 10.9. The Morgan fingerprint density at radius 3 is 2.71 bits per heavy atom. The van der Waals surface area contributed by atoms with Crippen molar-refractivity contribution in [3.63, 3.8) is 0 Å². The minimum absolute atomic E-state index is 0.570. The summed E-state index contributed by atoms with van der Waals surface area (Å²) in [4.78, 5) is 5.85. The Hall–Kier alpha value is -1.99. The van der Waals surface area contributed by atoms with Gasteiger partial charge in [0.15, 0.2) is 5.76 Å². The van der Waals surface area contributed by atoms with Crippen molar-refractivity contribution in [2.24, 2.45) is 0 Å². The first kappa shape index (κ1) is 15.5. The van der Waals surface area contributed by atoms with Gasteiger partial charge in [-0.05, 0) is 29.6 Å². The van der Waals surface area contributed by atoms with E-state index in [0.29, 0.717) is 26.9 Å². The van der Waals surface area contributed by atoms with Crippen LogP contribution in [-0.2, 0) is 0 Å². The van der Waals surface area contributed by atoms with Crippen molar-refractivity contribution in [2.75, 3.05) is 0 Å². The lowest BCUT2D eigenvalue weighted by molar-refractivity contribution is 0.220. The highest BCUT2D eigenvalue weighted by Crippen LogP contribution is 2.42. The normalized spacial score (nSPS) is 12.4. The minimum Gasteiger partial charge on any atom is -0.383 e. The summed E-state index contributed by atoms with van der Waals surface area (Å²) in [6.45, 7) is 0. The summed E-state index contributed by atoms with van der Waals surface area (Å²) in [6, 6.07) is 11.2. The maximum Gasteiger partial charge on any atom is 0.183 e. The van der Waals surface area contributed by atoms with Gasteiger partial charge < -0.3 is 9.63 Å². The fourth-order valence-corrected chi connectivity index (χ4v) is 4.21. The second kappa shape index (κ2) is 6.49. The molecule has 1 unspecified atom stereocenters. The zero-order valence-electron chi connectivity index (χ0n) is 12.2. The quantitative estimate of drug-likeness (QED) is 0.529. The standard InChI is InChI=1S/C17H11ClN2O2S2/c18-13-6-5-11(24-13)15-14(16(21)10-3-1-7-19-9-10)17(22-20-15)12-4-2-8-23-12/h1-9,16,21H. The molecule has 120 valence electrons. The van der Waals surface area contributed by atoms with E-state index < -0.39 is 6.10 Å². The highest BCUT2D eigenvalue weighted by atomic mass is 35.5. The van der Waals surface area contributed by atoms with Gasteiger partial charge in [0.2, 0.25) is 0 Å². The molecule has 0 bridgehead atoms. The molecule has 0 aliphatic carbocycles. The third kappa shape index (κ3) is 2.78. The van der Waals surface area contributed by atoms with Gasteiger partial charge in [-0.1, -0.05) is 28.9 Å². The molecule has 0 fully saturated rings. The number of pyridine rings is 1. The van der Waals surface area contributed by atoms with E-state index in [9.17, 15) is 5.11 Å². The lowest BCUT2D eigenvalue weighted by atomic mass is 9.99. The molecule has 4 rings (SSSR count). The SMILES string of the molecule is OC(c1cccnc1)c1c(-c2ccc(Cl)s2)noc1-c1cccs1. The molecular formula is C17H11ClN2O2S2. The van der Waals surface area contributed by atoms with Crippen LogP contribution < -0.4 is 0 Å². The van der Waals surface area contributed by atoms with Crippen LogP contribution in [0.3, 0.4) is 0 Å². The Morgan fingerprint density at radius 2 is 2.04 bits per heavy atom. The third-order valence-corrected chi connectivity index (χ3v) is 5.66. The molecule has 1 atom stereocenters. The summed E-state index contributed by atoms with van der Waals surface area (Å²) in [6.07, 6.45) is 2.42. The zero-order chi connectivity index (χ0) is 16.5. The molecule has 4 nitrogen and oxygen atoms in total. The van der Waals surface area contributed by atoms with Crippen LogP contribution in [0, 0.1) is 0 Å². The molecule has 0 aromatic carbocycles. The van der Waals surface area contributed by atoms with E-state index >= 15 is 0 Å². The molecule has 0 amide bonds. The monoisotopic (exact) mass is 374 g/mol. The molecule has 7 heteroatoms. The van der Waals surface area contributed by atoms with Gasteiger partial charge in [0.1, 0.15) is 11.8 Å². The van der Waals surface area contributed by atoms with E-state index in [1.807, 2.05) is 29.6 Å². The molecular weight excluding hydrogens is 364 g/mol. The van der Waals surface area contributed by atoms with E-state index in [0.717, 1.165) is 9.75 Å². The van der Waals surface area contributed by atoms with Gasteiger partial charge in [-0.2, -0.15) is 0 Å². The van der Waals surface area contributed by atoms with E-state index in [4.69, 9.17) is 16.1 Å². The number of aliphatic hydroxyl groups is 1. The van der Waals surface area contributed by atoms with E-state index in [2.05, 4.69) is 10.1 Å². The fraction of sp³-hybridized carbons (Fsp3) is 0.0588. The number of hydrogen-bond acceptors (Lipinski definition) is 6. The van der Waals surface area contributed by atoms with E-state index in [1.165, 1.54) is 22.7 Å². The smallest absolute Gasteiger partial charge is 0.183 e. The number of thiophene rings is 2. The molecule has 4 aromatic heterocycles. The molecule has 0 aliphatic rings. The first-order valence-corrected chi connectivity index (χ1v) is 9.18. The van der Waals surface area contributed by atoms with Gasteiger partial charge in [-0.25, -0.2) is 0 Å². The Bertz CT molecular complexity index is 948. The summed E-state index contributed by atoms with van der Waals surface area (Å²) in [5.74, 6) is 0.570. The van der Waals surface area contributed by atoms with Crippen molar-refractivity contribution < 1.29 is 9.63 Å². The predicted octanol–water partition coefficient (Wildman–Crippen LogP) is 5.26. The second-order valence-electron chi connectivity index (χ2n) is 5.04. The summed E-state index contributed by atoms with van der Waals surface area (Å²) >= 11 is 8.99. The van der Waals surface area contributed by atoms with Crippen molar-refractivity contribution in [3.05, 3.63) is 69.6 Å². The summed E-state index contributed by atoms with van der Waals surface area (Å²) in [7, 11) is 0. The van der Waals surface area contributed by atoms with Crippen LogP contribution in [0.25, 0.3) is 21.2 Å². The van der Waals surface area contributed by atoms with Crippen molar-refractivity contribution in [1.29, 1.82) is 0 Å². The van der Waals surface area contributed by atoms with Crippen molar-refractivity contribution in [1.82, 2.24) is 10.1 Å². The Morgan fingerprint density at radius 1 is 1.12 bits per heavy atom. The maximum absolute atomic E-state index is 10.9. The fourth-order valence-electron chi connectivity index (χ4n) is 2.46. The average Bonchev–Trinajstić information content (AvgIpc) is 3.34. The van der Waals surface area contributed by atoms with Crippen LogP contribution >= 0.6 is 34.3 Å². The number of aliphatic hydroxyl groups excluding tert-OH is 1. The van der Waals surface area contributed by atoms with Crippen LogP contribution in [0.4, 0.5) is 0 Å². The number of hydrogen-bond donors (Lipinski definition) is 1. The van der Waals surface area contributed by atoms with Gasteiger partial charge in [-0.15, -0.1) is 22.7 Å². The van der Waals surface area contributed by atoms with Crippen LogP contribution in [-0.4, -0.2) is 15.2 Å². The van der Waals surface area contributed by atoms with Crippen LogP contribution in [0.5, 0.6) is 0 Å². The Labute approximate surface area is 151 Å². The number of rotatable bonds is 4. The van der Waals surface area contributed by atoms with Crippen molar-refractivity contribution in [3.8, 4) is 21.2 Å². The molecule has 1 N–H and O–H groups in total. The molecule has 0 aliphatic heterocycles. The largest absolute Gasteiger partial charge is 0.383 e. The van der Waals surface area contributed by atoms with Crippen molar-refractivity contribution >= 4 is 34.3 Å². The van der Waals surface area contributed by atoms with Crippen LogP contribution in [0.2, 0.25) is 4.34 Å². The molecule has 0 spiro atoms. The van der Waals surface area contributed by atoms with Gasteiger partial charge in [0.25, 0.3) is 0 Å². The molecule has 4 aromatic rings. The van der Waals surface area contributed by atoms with Gasteiger partial charge in [0, 0.05) is 18.0 Å². The lowest BCUT2D eigenvalue weighted by Gasteiger charge is -2.11. The van der Waals surface area contributed by atoms with Crippen molar-refractivity contribution in [2.45, 2.75) is 6.10 Å². The lowest BCUT2D eigenvalue weighted by Crippen LogP contribution is -2.02. The molecule has 0 saturated heterocycles. The van der Waals surface area contributed by atoms with Crippen LogP contribution in [0.15, 0.2) is 58.7 Å². The number of nitrogens with zero attached hydrogens (tertiary/aromatic N) is 2. The molecule has 24 heavy (non-hydrogen) atoms. The van der Waals surface area contributed by atoms with Gasteiger partial charge >= 0.3 is 0 Å². The Balaban J connectivity index is 1.90. The van der Waals surface area contributed by atoms with E-state index in [1.54, 1.807) is 24.5 Å². The van der Waals surface area contributed by atoms with Crippen LogP contribution in [0.1, 0.15) is 17.2 Å². The number of aromatic nitrogens is 2. The minimum atomic E-state index is -0.891. The average molecular weight is 375 g/mol. The zero-order valence-corrected chi connectivity index (χ0v) is 14.6. The molecule has 0 radical (unpaired) electrons. The number of halogens is 1. The first-order valence-electron chi connectivity index (χ1n) is 7.11. The molecule has 0 saturated carbocycles. The topological polar surface area (TPSA) is 59.2 Å². The summed E-state index contributed by atoms with van der Waals surface area (Å²) in [5, 5.41) is 17.1. The van der Waals surface area contributed by atoms with Gasteiger partial charge in [0.05, 0.1) is 19.7 Å². The highest BCUT2D eigenvalue weighted by Gasteiger charge is 2.27. The van der Waals surface area contributed by atoms with E-state index in [-0.39, 0.29) is 0 Å². The predicted molar refractivity (Wildman–Crippen MR) is 96.4 cm³/mol. The molecule has 4 heterocycles. The highest BCUT2D eigenvalue weighted by molar-refractivity contribution is 7.19. The third-order valence-electron chi connectivity index (χ3n) is 3.55. The summed E-state index contributed by atoms with van der Waals surface area (Å²) in [5.41, 5.74) is 1.91.